The quantitative estimate of drug-likeness (QED) is 0.370. The van der Waals surface area contributed by atoms with Crippen LogP contribution in [0.3, 0.4) is 0 Å². The van der Waals surface area contributed by atoms with Crippen LogP contribution >= 0.6 is 11.8 Å². The van der Waals surface area contributed by atoms with Gasteiger partial charge in [-0.15, -0.1) is 5.10 Å². The molecule has 30 heavy (non-hydrogen) atoms. The first kappa shape index (κ1) is 22.4. The van der Waals surface area contributed by atoms with Crippen molar-refractivity contribution in [3.63, 3.8) is 0 Å². The van der Waals surface area contributed by atoms with Gasteiger partial charge in [-0.25, -0.2) is 4.68 Å². The molecule has 0 aliphatic carbocycles. The summed E-state index contributed by atoms with van der Waals surface area (Å²) in [6, 6.07) is 7.72. The third-order valence-electron chi connectivity index (χ3n) is 5.11. The number of allylic oxidation sites excluding steroid dienone is 2. The molecule has 162 valence electrons. The molecule has 1 aliphatic heterocycles. The highest BCUT2D eigenvalue weighted by Crippen LogP contribution is 2.37. The van der Waals surface area contributed by atoms with Crippen LogP contribution in [0.5, 0.6) is 5.75 Å². The minimum atomic E-state index is -0.291. The zero-order valence-electron chi connectivity index (χ0n) is 18.4. The third kappa shape index (κ3) is 5.25. The predicted octanol–water partition coefficient (Wildman–Crippen LogP) is 5.62. The predicted molar refractivity (Wildman–Crippen MR) is 122 cm³/mol. The first-order chi connectivity index (χ1) is 14.5. The van der Waals surface area contributed by atoms with E-state index in [4.69, 9.17) is 9.84 Å². The van der Waals surface area contributed by atoms with E-state index in [1.54, 1.807) is 18.7 Å². The molecule has 0 saturated heterocycles. The van der Waals surface area contributed by atoms with Gasteiger partial charge >= 0.3 is 0 Å². The van der Waals surface area contributed by atoms with Crippen LogP contribution in [-0.2, 0) is 4.79 Å². The molecule has 1 atom stereocenters. The maximum absolute atomic E-state index is 12.5. The maximum atomic E-state index is 12.5. The molecule has 0 radical (unpaired) electrons. The number of hydrogen-bond donors (Lipinski definition) is 1. The maximum Gasteiger partial charge on any atom is 0.227 e. The van der Waals surface area contributed by atoms with E-state index in [9.17, 15) is 4.79 Å². The fourth-order valence-corrected chi connectivity index (χ4v) is 4.30. The highest BCUT2D eigenvalue weighted by molar-refractivity contribution is 7.99. The molecule has 1 aliphatic rings. The number of hydrogen-bond acceptors (Lipinski definition) is 6. The van der Waals surface area contributed by atoms with Crippen LogP contribution in [0.4, 0.5) is 5.95 Å². The van der Waals surface area contributed by atoms with Gasteiger partial charge in [0.25, 0.3) is 0 Å². The van der Waals surface area contributed by atoms with Crippen molar-refractivity contribution >= 4 is 23.5 Å². The van der Waals surface area contributed by atoms with Crippen molar-refractivity contribution in [2.45, 2.75) is 71.0 Å². The number of aromatic nitrogens is 3. The van der Waals surface area contributed by atoms with Crippen LogP contribution < -0.4 is 10.1 Å². The van der Waals surface area contributed by atoms with Gasteiger partial charge in [-0.2, -0.15) is 4.98 Å². The lowest BCUT2D eigenvalue weighted by atomic mass is 9.93. The van der Waals surface area contributed by atoms with E-state index in [0.29, 0.717) is 11.5 Å². The van der Waals surface area contributed by atoms with E-state index < -0.39 is 0 Å². The van der Waals surface area contributed by atoms with Crippen molar-refractivity contribution in [1.29, 1.82) is 0 Å². The molecule has 0 spiro atoms. The Morgan fingerprint density at radius 2 is 1.93 bits per heavy atom. The SMILES string of the molecule is CCCCCCOc1ccc(C2C(C(C)=O)=C(C)Nc3nc(SCCC)nn32)cc1. The lowest BCUT2D eigenvalue weighted by molar-refractivity contribution is -0.114. The number of benzene rings is 1. The average Bonchev–Trinajstić information content (AvgIpc) is 3.13. The number of ketones is 1. The van der Waals surface area contributed by atoms with Crippen molar-refractivity contribution in [2.75, 3.05) is 17.7 Å². The minimum Gasteiger partial charge on any atom is -0.494 e. The Hall–Kier alpha value is -2.28. The first-order valence-corrected chi connectivity index (χ1v) is 11.8. The summed E-state index contributed by atoms with van der Waals surface area (Å²) in [5.41, 5.74) is 2.54. The number of carbonyl (C=O) groups excluding carboxylic acids is 1. The molecule has 3 rings (SSSR count). The summed E-state index contributed by atoms with van der Waals surface area (Å²) in [6.07, 6.45) is 5.79. The summed E-state index contributed by atoms with van der Waals surface area (Å²) in [6.45, 7) is 8.61. The molecule has 1 aromatic carbocycles. The summed E-state index contributed by atoms with van der Waals surface area (Å²) >= 11 is 1.63. The standard InChI is InChI=1S/C23H32N4O2S/c1-5-7-8-9-14-29-19-12-10-18(11-13-19)21-20(17(4)28)16(3)24-22-25-23(26-27(21)22)30-15-6-2/h10-13,21H,5-9,14-15H2,1-4H3,(H,24,25,26). The average molecular weight is 429 g/mol. The monoisotopic (exact) mass is 428 g/mol. The van der Waals surface area contributed by atoms with E-state index in [-0.39, 0.29) is 11.8 Å². The molecule has 7 heteroatoms. The van der Waals surface area contributed by atoms with E-state index in [1.165, 1.54) is 19.3 Å². The van der Waals surface area contributed by atoms with Gasteiger partial charge in [0.15, 0.2) is 5.78 Å². The molecule has 1 N–H and O–H groups in total. The van der Waals surface area contributed by atoms with Gasteiger partial charge in [0.1, 0.15) is 11.8 Å². The lowest BCUT2D eigenvalue weighted by Crippen LogP contribution is -2.27. The zero-order valence-corrected chi connectivity index (χ0v) is 19.2. The number of rotatable bonds is 11. The van der Waals surface area contributed by atoms with Crippen LogP contribution in [0.1, 0.15) is 71.4 Å². The number of nitrogens with one attached hydrogen (secondary N) is 1. The second kappa shape index (κ2) is 10.7. The van der Waals surface area contributed by atoms with E-state index in [2.05, 4.69) is 24.1 Å². The van der Waals surface area contributed by atoms with Crippen molar-refractivity contribution in [3.8, 4) is 5.75 Å². The van der Waals surface area contributed by atoms with Crippen LogP contribution in [0.15, 0.2) is 40.7 Å². The van der Waals surface area contributed by atoms with Gasteiger partial charge in [0.05, 0.1) is 6.61 Å². The van der Waals surface area contributed by atoms with Gasteiger partial charge in [0.2, 0.25) is 11.1 Å². The van der Waals surface area contributed by atoms with Gasteiger partial charge in [-0.3, -0.25) is 4.79 Å². The smallest absolute Gasteiger partial charge is 0.227 e. The molecule has 0 amide bonds. The number of anilines is 1. The molecule has 1 unspecified atom stereocenters. The molecule has 0 bridgehead atoms. The molecule has 2 aromatic rings. The number of fused-ring (bicyclic) bond motifs is 1. The van der Waals surface area contributed by atoms with Gasteiger partial charge < -0.3 is 10.1 Å². The highest BCUT2D eigenvalue weighted by atomic mass is 32.2. The Morgan fingerprint density at radius 1 is 1.17 bits per heavy atom. The normalized spacial score (nSPS) is 15.7. The molecule has 0 saturated carbocycles. The number of Topliss-reactive ketones (excluding diaryl/α,β-unsaturated/α-hetero) is 1. The summed E-state index contributed by atoms with van der Waals surface area (Å²) in [7, 11) is 0. The highest BCUT2D eigenvalue weighted by Gasteiger charge is 2.32. The van der Waals surface area contributed by atoms with Crippen LogP contribution in [0, 0.1) is 0 Å². The molecular formula is C23H32N4O2S. The van der Waals surface area contributed by atoms with E-state index in [0.717, 1.165) is 47.4 Å². The van der Waals surface area contributed by atoms with E-state index in [1.807, 2.05) is 35.9 Å². The van der Waals surface area contributed by atoms with Crippen molar-refractivity contribution in [2.24, 2.45) is 0 Å². The number of unbranched alkanes of at least 4 members (excludes halogenated alkanes) is 3. The Kier molecular flexibility index (Phi) is 7.96. The van der Waals surface area contributed by atoms with Crippen LogP contribution in [-0.4, -0.2) is 32.9 Å². The summed E-state index contributed by atoms with van der Waals surface area (Å²) in [4.78, 5) is 17.1. The Balaban J connectivity index is 1.83. The minimum absolute atomic E-state index is 0.0326. The third-order valence-corrected chi connectivity index (χ3v) is 6.15. The van der Waals surface area contributed by atoms with Crippen molar-refractivity contribution in [3.05, 3.63) is 41.1 Å². The topological polar surface area (TPSA) is 69.0 Å². The fraction of sp³-hybridized carbons (Fsp3) is 0.522. The van der Waals surface area contributed by atoms with Gasteiger partial charge in [0, 0.05) is 17.0 Å². The van der Waals surface area contributed by atoms with Gasteiger partial charge in [-0.05, 0) is 44.4 Å². The summed E-state index contributed by atoms with van der Waals surface area (Å²) in [5, 5.41) is 8.69. The number of carbonyl (C=O) groups is 1. The largest absolute Gasteiger partial charge is 0.494 e. The Morgan fingerprint density at radius 3 is 2.60 bits per heavy atom. The lowest BCUT2D eigenvalue weighted by Gasteiger charge is -2.28. The molecule has 1 aromatic heterocycles. The first-order valence-electron chi connectivity index (χ1n) is 10.9. The summed E-state index contributed by atoms with van der Waals surface area (Å²) in [5.74, 6) is 2.53. The fourth-order valence-electron chi connectivity index (χ4n) is 3.62. The Labute approximate surface area is 183 Å². The molecular weight excluding hydrogens is 396 g/mol. The number of thioether (sulfide) groups is 1. The van der Waals surface area contributed by atoms with Crippen molar-refractivity contribution < 1.29 is 9.53 Å². The van der Waals surface area contributed by atoms with Crippen molar-refractivity contribution in [1.82, 2.24) is 14.8 Å². The van der Waals surface area contributed by atoms with E-state index >= 15 is 0 Å². The molecule has 6 nitrogen and oxygen atoms in total. The summed E-state index contributed by atoms with van der Waals surface area (Å²) < 4.78 is 7.71. The second-order valence-electron chi connectivity index (χ2n) is 7.61. The zero-order chi connectivity index (χ0) is 21.5. The second-order valence-corrected chi connectivity index (χ2v) is 8.67. The van der Waals surface area contributed by atoms with Crippen LogP contribution in [0.2, 0.25) is 0 Å². The van der Waals surface area contributed by atoms with Gasteiger partial charge in [-0.1, -0.05) is 57.0 Å². The van der Waals surface area contributed by atoms with Crippen LogP contribution in [0.25, 0.3) is 0 Å². The number of ether oxygens (including phenoxy) is 1. The molecule has 2 heterocycles. The Bertz CT molecular complexity index is 889. The number of nitrogens with zero attached hydrogens (tertiary/aromatic N) is 3. The molecule has 0 fully saturated rings.